The van der Waals surface area contributed by atoms with E-state index in [-0.39, 0.29) is 5.15 Å². The summed E-state index contributed by atoms with van der Waals surface area (Å²) in [6, 6.07) is 2.41. The van der Waals surface area contributed by atoms with Gasteiger partial charge in [0.25, 0.3) is 0 Å². The molecule has 116 valence electrons. The van der Waals surface area contributed by atoms with Gasteiger partial charge in [0.15, 0.2) is 0 Å². The Morgan fingerprint density at radius 2 is 1.90 bits per heavy atom. The number of rotatable bonds is 1. The summed E-state index contributed by atoms with van der Waals surface area (Å²) < 4.78 is 38.7. The number of hydrogen-bond acceptors (Lipinski definition) is 3. The topological polar surface area (TPSA) is 19.4 Å². The van der Waals surface area contributed by atoms with E-state index >= 15 is 0 Å². The Kier molecular flexibility index (Phi) is 4.01. The van der Waals surface area contributed by atoms with Crippen LogP contribution >= 0.6 is 11.6 Å². The molecule has 2 fully saturated rings. The van der Waals surface area contributed by atoms with Gasteiger partial charge in [-0.2, -0.15) is 13.2 Å². The van der Waals surface area contributed by atoms with Gasteiger partial charge in [-0.05, 0) is 37.9 Å². The third kappa shape index (κ3) is 3.26. The molecule has 3 nitrogen and oxygen atoms in total. The quantitative estimate of drug-likeness (QED) is 0.739. The molecule has 0 amide bonds. The van der Waals surface area contributed by atoms with Gasteiger partial charge in [0.2, 0.25) is 0 Å². The second-order valence-corrected chi connectivity index (χ2v) is 6.05. The van der Waals surface area contributed by atoms with Crippen molar-refractivity contribution in [3.8, 4) is 0 Å². The molecule has 21 heavy (non-hydrogen) atoms. The molecule has 2 aliphatic heterocycles. The molecule has 0 bridgehead atoms. The summed E-state index contributed by atoms with van der Waals surface area (Å²) in [7, 11) is 0. The molecule has 0 saturated carbocycles. The lowest BCUT2D eigenvalue weighted by atomic mass is 10.2. The Bertz CT molecular complexity index is 521. The van der Waals surface area contributed by atoms with E-state index in [9.17, 15) is 13.2 Å². The molecule has 1 unspecified atom stereocenters. The van der Waals surface area contributed by atoms with Crippen molar-refractivity contribution in [1.82, 2.24) is 9.88 Å². The van der Waals surface area contributed by atoms with E-state index in [4.69, 9.17) is 11.6 Å². The lowest BCUT2D eigenvalue weighted by molar-refractivity contribution is -0.137. The molecule has 0 aromatic carbocycles. The molecular weight excluding hydrogens is 303 g/mol. The summed E-state index contributed by atoms with van der Waals surface area (Å²) in [4.78, 5) is 8.47. The zero-order chi connectivity index (χ0) is 15.0. The van der Waals surface area contributed by atoms with Crippen molar-refractivity contribution in [2.45, 2.75) is 31.5 Å². The number of hydrogen-bond donors (Lipinski definition) is 0. The Labute approximate surface area is 126 Å². The average molecular weight is 320 g/mol. The average Bonchev–Trinajstić information content (AvgIpc) is 2.74. The molecule has 0 N–H and O–H groups in total. The lowest BCUT2D eigenvalue weighted by Crippen LogP contribution is -2.37. The maximum Gasteiger partial charge on any atom is 0.416 e. The van der Waals surface area contributed by atoms with Crippen LogP contribution in [-0.2, 0) is 6.18 Å². The van der Waals surface area contributed by atoms with Gasteiger partial charge in [0, 0.05) is 25.7 Å². The van der Waals surface area contributed by atoms with Crippen LogP contribution < -0.4 is 4.90 Å². The zero-order valence-electron chi connectivity index (χ0n) is 11.5. The smallest absolute Gasteiger partial charge is 0.355 e. The molecular formula is C14H17ClF3N3. The SMILES string of the molecule is FC(F)(F)c1cc(Cl)nc(N2CCCN3CCCC3C2)c1. The fourth-order valence-corrected chi connectivity index (χ4v) is 3.43. The van der Waals surface area contributed by atoms with Crippen LogP contribution in [0.2, 0.25) is 5.15 Å². The van der Waals surface area contributed by atoms with E-state index in [2.05, 4.69) is 9.88 Å². The van der Waals surface area contributed by atoms with Crippen LogP contribution in [0.25, 0.3) is 0 Å². The molecule has 2 aliphatic rings. The minimum Gasteiger partial charge on any atom is -0.355 e. The van der Waals surface area contributed by atoms with Crippen LogP contribution in [0.5, 0.6) is 0 Å². The van der Waals surface area contributed by atoms with Crippen LogP contribution in [0.1, 0.15) is 24.8 Å². The summed E-state index contributed by atoms with van der Waals surface area (Å²) in [5.41, 5.74) is -0.731. The summed E-state index contributed by atoms with van der Waals surface area (Å²) in [6.45, 7) is 3.55. The number of pyridine rings is 1. The van der Waals surface area contributed by atoms with Crippen LogP contribution in [-0.4, -0.2) is 42.1 Å². The van der Waals surface area contributed by atoms with Gasteiger partial charge in [-0.15, -0.1) is 0 Å². The standard InChI is InChI=1S/C14H17ClF3N3/c15-12-7-10(14(16,17)18)8-13(19-12)21-6-2-5-20-4-1-3-11(20)9-21/h7-8,11H,1-6,9H2. The van der Waals surface area contributed by atoms with Crippen molar-refractivity contribution in [3.05, 3.63) is 22.8 Å². The highest BCUT2D eigenvalue weighted by atomic mass is 35.5. The van der Waals surface area contributed by atoms with Crippen molar-refractivity contribution >= 4 is 17.4 Å². The van der Waals surface area contributed by atoms with Crippen LogP contribution in [0, 0.1) is 0 Å². The minimum absolute atomic E-state index is 0.104. The molecule has 3 heterocycles. The highest BCUT2D eigenvalue weighted by Crippen LogP contribution is 2.33. The van der Waals surface area contributed by atoms with E-state index in [0.29, 0.717) is 11.9 Å². The molecule has 2 saturated heterocycles. The number of anilines is 1. The predicted octanol–water partition coefficient (Wildman–Crippen LogP) is 3.43. The minimum atomic E-state index is -4.40. The summed E-state index contributed by atoms with van der Waals surface area (Å²) in [5, 5.41) is -0.104. The van der Waals surface area contributed by atoms with Gasteiger partial charge < -0.3 is 4.90 Å². The van der Waals surface area contributed by atoms with Gasteiger partial charge in [-0.25, -0.2) is 4.98 Å². The molecule has 0 spiro atoms. The van der Waals surface area contributed by atoms with Crippen LogP contribution in [0.4, 0.5) is 19.0 Å². The molecule has 3 rings (SSSR count). The van der Waals surface area contributed by atoms with E-state index in [1.54, 1.807) is 0 Å². The summed E-state index contributed by atoms with van der Waals surface area (Å²) >= 11 is 5.78. The fourth-order valence-electron chi connectivity index (χ4n) is 3.22. The molecule has 0 aliphatic carbocycles. The number of aromatic nitrogens is 1. The second-order valence-electron chi connectivity index (χ2n) is 5.67. The van der Waals surface area contributed by atoms with E-state index < -0.39 is 11.7 Å². The lowest BCUT2D eigenvalue weighted by Gasteiger charge is -2.27. The van der Waals surface area contributed by atoms with Gasteiger partial charge in [0.05, 0.1) is 5.56 Å². The van der Waals surface area contributed by atoms with Gasteiger partial charge in [0.1, 0.15) is 11.0 Å². The Hall–Kier alpha value is -1.01. The largest absolute Gasteiger partial charge is 0.416 e. The number of halogens is 4. The number of nitrogens with zero attached hydrogens (tertiary/aromatic N) is 3. The Morgan fingerprint density at radius 3 is 2.67 bits per heavy atom. The first kappa shape index (κ1) is 14.9. The van der Waals surface area contributed by atoms with Crippen molar-refractivity contribution in [1.29, 1.82) is 0 Å². The third-order valence-electron chi connectivity index (χ3n) is 4.24. The van der Waals surface area contributed by atoms with Crippen molar-refractivity contribution in [2.75, 3.05) is 31.1 Å². The van der Waals surface area contributed by atoms with Crippen molar-refractivity contribution in [3.63, 3.8) is 0 Å². The highest BCUT2D eigenvalue weighted by molar-refractivity contribution is 6.29. The van der Waals surface area contributed by atoms with E-state index in [0.717, 1.165) is 57.6 Å². The fraction of sp³-hybridized carbons (Fsp3) is 0.643. The monoisotopic (exact) mass is 319 g/mol. The predicted molar refractivity (Wildman–Crippen MR) is 75.7 cm³/mol. The zero-order valence-corrected chi connectivity index (χ0v) is 12.3. The normalized spacial score (nSPS) is 24.0. The Morgan fingerprint density at radius 1 is 1.14 bits per heavy atom. The molecule has 0 radical (unpaired) electrons. The summed E-state index contributed by atoms with van der Waals surface area (Å²) in [5.74, 6) is 0.337. The first-order chi connectivity index (χ1) is 9.93. The first-order valence-electron chi connectivity index (χ1n) is 7.17. The maximum atomic E-state index is 12.9. The highest BCUT2D eigenvalue weighted by Gasteiger charge is 2.33. The first-order valence-corrected chi connectivity index (χ1v) is 7.55. The second kappa shape index (κ2) is 5.65. The van der Waals surface area contributed by atoms with Crippen molar-refractivity contribution < 1.29 is 13.2 Å². The number of alkyl halides is 3. The summed E-state index contributed by atoms with van der Waals surface area (Å²) in [6.07, 6.45) is -1.20. The molecule has 1 aromatic heterocycles. The van der Waals surface area contributed by atoms with Gasteiger partial charge in [-0.1, -0.05) is 11.6 Å². The van der Waals surface area contributed by atoms with Gasteiger partial charge in [-0.3, -0.25) is 4.90 Å². The molecule has 1 atom stereocenters. The Balaban J connectivity index is 1.87. The third-order valence-corrected chi connectivity index (χ3v) is 4.43. The van der Waals surface area contributed by atoms with Crippen LogP contribution in [0.3, 0.4) is 0 Å². The number of fused-ring (bicyclic) bond motifs is 1. The van der Waals surface area contributed by atoms with Crippen LogP contribution in [0.15, 0.2) is 12.1 Å². The van der Waals surface area contributed by atoms with Gasteiger partial charge >= 0.3 is 6.18 Å². The maximum absolute atomic E-state index is 12.9. The van der Waals surface area contributed by atoms with E-state index in [1.165, 1.54) is 0 Å². The molecule has 7 heteroatoms. The van der Waals surface area contributed by atoms with E-state index in [1.807, 2.05) is 4.90 Å². The van der Waals surface area contributed by atoms with Crippen molar-refractivity contribution in [2.24, 2.45) is 0 Å². The molecule has 1 aromatic rings.